The number of rotatable bonds is 8. The molecule has 1 unspecified atom stereocenters. The van der Waals surface area contributed by atoms with E-state index in [1.54, 1.807) is 6.92 Å². The number of ether oxygens (including phenoxy) is 1. The van der Waals surface area contributed by atoms with Gasteiger partial charge < -0.3 is 9.53 Å². The van der Waals surface area contributed by atoms with Crippen molar-refractivity contribution in [3.05, 3.63) is 0 Å². The third-order valence-corrected chi connectivity index (χ3v) is 2.93. The number of hydrogen-bond acceptors (Lipinski definition) is 4. The molecule has 4 heteroatoms. The summed E-state index contributed by atoms with van der Waals surface area (Å²) in [5.74, 6) is -0.0950. The van der Waals surface area contributed by atoms with Crippen molar-refractivity contribution in [2.24, 2.45) is 11.3 Å². The maximum absolute atomic E-state index is 12.0. The summed E-state index contributed by atoms with van der Waals surface area (Å²) in [6, 6.07) is 2.08. The molecule has 0 saturated heterocycles. The Morgan fingerprint density at radius 1 is 1.33 bits per heavy atom. The van der Waals surface area contributed by atoms with Gasteiger partial charge in [-0.2, -0.15) is 5.26 Å². The molecule has 0 aliphatic carbocycles. The standard InChI is InChI=1S/C14H23NO3/c1-5-18-13(17)14(10-15,8-6-11(2)3)9-7-12(4)16/h11H,5-9H2,1-4H3. The van der Waals surface area contributed by atoms with Crippen LogP contribution in [0.3, 0.4) is 0 Å². The number of hydrogen-bond donors (Lipinski definition) is 0. The van der Waals surface area contributed by atoms with Crippen molar-refractivity contribution in [1.29, 1.82) is 5.26 Å². The number of Topliss-reactive ketones (excluding diaryl/α,β-unsaturated/α-hetero) is 1. The lowest BCUT2D eigenvalue weighted by Gasteiger charge is -2.24. The zero-order valence-electron chi connectivity index (χ0n) is 11.8. The largest absolute Gasteiger partial charge is 0.465 e. The highest BCUT2D eigenvalue weighted by atomic mass is 16.5. The van der Waals surface area contributed by atoms with E-state index in [1.165, 1.54) is 6.92 Å². The Hall–Kier alpha value is -1.37. The molecule has 0 aromatic heterocycles. The minimum absolute atomic E-state index is 0.0107. The number of carbonyl (C=O) groups is 2. The van der Waals surface area contributed by atoms with Gasteiger partial charge in [-0.3, -0.25) is 4.79 Å². The van der Waals surface area contributed by atoms with E-state index in [0.29, 0.717) is 12.3 Å². The third kappa shape index (κ3) is 5.31. The lowest BCUT2D eigenvalue weighted by Crippen LogP contribution is -2.32. The molecule has 0 fully saturated rings. The molecule has 0 aromatic rings. The lowest BCUT2D eigenvalue weighted by molar-refractivity contribution is -0.153. The third-order valence-electron chi connectivity index (χ3n) is 2.93. The Balaban J connectivity index is 4.89. The predicted octanol–water partition coefficient (Wildman–Crippen LogP) is 2.86. The van der Waals surface area contributed by atoms with Gasteiger partial charge in [0.15, 0.2) is 5.41 Å². The van der Waals surface area contributed by atoms with E-state index in [0.717, 1.165) is 6.42 Å². The van der Waals surface area contributed by atoms with E-state index in [9.17, 15) is 14.9 Å². The monoisotopic (exact) mass is 253 g/mol. The second-order valence-corrected chi connectivity index (χ2v) is 5.05. The van der Waals surface area contributed by atoms with Crippen LogP contribution in [0.5, 0.6) is 0 Å². The first-order valence-electron chi connectivity index (χ1n) is 6.46. The van der Waals surface area contributed by atoms with Crippen LogP contribution in [0.4, 0.5) is 0 Å². The van der Waals surface area contributed by atoms with Crippen LogP contribution < -0.4 is 0 Å². The summed E-state index contributed by atoms with van der Waals surface area (Å²) >= 11 is 0. The minimum atomic E-state index is -1.16. The molecule has 0 radical (unpaired) electrons. The van der Waals surface area contributed by atoms with Gasteiger partial charge in [0, 0.05) is 6.42 Å². The van der Waals surface area contributed by atoms with Gasteiger partial charge in [-0.05, 0) is 39.0 Å². The second kappa shape index (κ2) is 7.86. The average molecular weight is 253 g/mol. The first kappa shape index (κ1) is 16.6. The molecule has 0 heterocycles. The van der Waals surface area contributed by atoms with Crippen molar-refractivity contribution in [1.82, 2.24) is 0 Å². The van der Waals surface area contributed by atoms with Crippen molar-refractivity contribution < 1.29 is 14.3 Å². The van der Waals surface area contributed by atoms with Gasteiger partial charge in [0.25, 0.3) is 0 Å². The molecule has 0 bridgehead atoms. The molecule has 0 aliphatic rings. The molecular weight excluding hydrogens is 230 g/mol. The minimum Gasteiger partial charge on any atom is -0.465 e. The Morgan fingerprint density at radius 2 is 1.94 bits per heavy atom. The van der Waals surface area contributed by atoms with Gasteiger partial charge >= 0.3 is 5.97 Å². The quantitative estimate of drug-likeness (QED) is 0.624. The lowest BCUT2D eigenvalue weighted by atomic mass is 9.78. The van der Waals surface area contributed by atoms with Crippen LogP contribution in [0.2, 0.25) is 0 Å². The summed E-state index contributed by atoms with van der Waals surface area (Å²) < 4.78 is 4.99. The first-order valence-corrected chi connectivity index (χ1v) is 6.46. The fourth-order valence-corrected chi connectivity index (χ4v) is 1.68. The normalized spacial score (nSPS) is 13.8. The Labute approximate surface area is 109 Å². The first-order chi connectivity index (χ1) is 8.38. The van der Waals surface area contributed by atoms with E-state index in [2.05, 4.69) is 6.07 Å². The summed E-state index contributed by atoms with van der Waals surface area (Å²) in [6.45, 7) is 7.52. The van der Waals surface area contributed by atoms with Crippen molar-refractivity contribution in [2.75, 3.05) is 6.61 Å². The molecule has 0 amide bonds. The zero-order valence-corrected chi connectivity index (χ0v) is 11.8. The van der Waals surface area contributed by atoms with E-state index in [-0.39, 0.29) is 25.2 Å². The Bertz CT molecular complexity index is 330. The maximum atomic E-state index is 12.0. The zero-order chi connectivity index (χ0) is 14.2. The van der Waals surface area contributed by atoms with E-state index < -0.39 is 11.4 Å². The fourth-order valence-electron chi connectivity index (χ4n) is 1.68. The van der Waals surface area contributed by atoms with Gasteiger partial charge in [0.05, 0.1) is 12.7 Å². The van der Waals surface area contributed by atoms with Gasteiger partial charge in [0.1, 0.15) is 5.78 Å². The van der Waals surface area contributed by atoms with E-state index in [4.69, 9.17) is 4.74 Å². The molecule has 0 rings (SSSR count). The molecular formula is C14H23NO3. The SMILES string of the molecule is CCOC(=O)C(C#N)(CCC(C)=O)CCC(C)C. The molecule has 0 saturated carbocycles. The Morgan fingerprint density at radius 3 is 2.33 bits per heavy atom. The van der Waals surface area contributed by atoms with Gasteiger partial charge in [-0.25, -0.2) is 0 Å². The van der Waals surface area contributed by atoms with E-state index >= 15 is 0 Å². The number of carbonyl (C=O) groups excluding carboxylic acids is 2. The molecule has 0 aromatic carbocycles. The average Bonchev–Trinajstić information content (AvgIpc) is 2.29. The maximum Gasteiger partial charge on any atom is 0.326 e. The fraction of sp³-hybridized carbons (Fsp3) is 0.786. The van der Waals surface area contributed by atoms with Crippen molar-refractivity contribution in [2.45, 2.75) is 53.4 Å². The summed E-state index contributed by atoms with van der Waals surface area (Å²) in [6.07, 6.45) is 1.71. The number of nitrogens with zero attached hydrogens (tertiary/aromatic N) is 1. The van der Waals surface area contributed by atoms with Crippen LogP contribution in [0.15, 0.2) is 0 Å². The molecule has 18 heavy (non-hydrogen) atoms. The predicted molar refractivity (Wildman–Crippen MR) is 68.7 cm³/mol. The highest BCUT2D eigenvalue weighted by Crippen LogP contribution is 2.32. The van der Waals surface area contributed by atoms with Gasteiger partial charge in [-0.1, -0.05) is 13.8 Å². The number of ketones is 1. The molecule has 4 nitrogen and oxygen atoms in total. The summed E-state index contributed by atoms with van der Waals surface area (Å²) in [5.41, 5.74) is -1.16. The summed E-state index contributed by atoms with van der Waals surface area (Å²) in [4.78, 5) is 23.0. The summed E-state index contributed by atoms with van der Waals surface area (Å²) in [5, 5.41) is 9.34. The van der Waals surface area contributed by atoms with Gasteiger partial charge in [-0.15, -0.1) is 0 Å². The summed E-state index contributed by atoms with van der Waals surface area (Å²) in [7, 11) is 0. The van der Waals surface area contributed by atoms with Crippen LogP contribution in [0.25, 0.3) is 0 Å². The molecule has 102 valence electrons. The van der Waals surface area contributed by atoms with Crippen LogP contribution in [0.1, 0.15) is 53.4 Å². The van der Waals surface area contributed by atoms with Crippen LogP contribution in [-0.2, 0) is 14.3 Å². The van der Waals surface area contributed by atoms with E-state index in [1.807, 2.05) is 13.8 Å². The molecule has 0 spiro atoms. The van der Waals surface area contributed by atoms with Crippen molar-refractivity contribution in [3.8, 4) is 6.07 Å². The highest BCUT2D eigenvalue weighted by molar-refractivity contribution is 5.82. The van der Waals surface area contributed by atoms with Crippen LogP contribution >= 0.6 is 0 Å². The van der Waals surface area contributed by atoms with Crippen LogP contribution in [0, 0.1) is 22.7 Å². The van der Waals surface area contributed by atoms with Crippen molar-refractivity contribution in [3.63, 3.8) is 0 Å². The number of esters is 1. The highest BCUT2D eigenvalue weighted by Gasteiger charge is 2.39. The smallest absolute Gasteiger partial charge is 0.326 e. The Kier molecular flexibility index (Phi) is 7.26. The number of nitriles is 1. The topological polar surface area (TPSA) is 67.2 Å². The van der Waals surface area contributed by atoms with Crippen molar-refractivity contribution >= 4 is 11.8 Å². The van der Waals surface area contributed by atoms with Gasteiger partial charge in [0.2, 0.25) is 0 Å². The second-order valence-electron chi connectivity index (χ2n) is 5.05. The molecule has 0 aliphatic heterocycles. The van der Waals surface area contributed by atoms with Crippen LogP contribution in [-0.4, -0.2) is 18.4 Å². The molecule has 0 N–H and O–H groups in total. The molecule has 1 atom stereocenters.